The molecular formula is C24H23N5O. The van der Waals surface area contributed by atoms with Gasteiger partial charge < -0.3 is 4.90 Å². The van der Waals surface area contributed by atoms with Crippen LogP contribution in [-0.2, 0) is 6.54 Å². The normalized spacial score (nSPS) is 14.9. The fourth-order valence-electron chi connectivity index (χ4n) is 3.93. The maximum absolute atomic E-state index is 13.1. The number of fused-ring (bicyclic) bond motifs is 1. The monoisotopic (exact) mass is 397 g/mol. The first-order valence-corrected chi connectivity index (χ1v) is 10.2. The standard InChI is InChI=1S/C24H23N5O/c30-24(28-15-13-27(14-16-28)17-19-7-3-1-4-8-19)21-11-12-22-25-26-23(29(22)18-21)20-9-5-2-6-10-20/h1-12,18H,13-17H2. The van der Waals surface area contributed by atoms with E-state index in [-0.39, 0.29) is 5.91 Å². The molecule has 0 atom stereocenters. The van der Waals surface area contributed by atoms with E-state index in [1.54, 1.807) is 0 Å². The van der Waals surface area contributed by atoms with E-state index in [9.17, 15) is 4.79 Å². The van der Waals surface area contributed by atoms with Gasteiger partial charge in [0.25, 0.3) is 5.91 Å². The van der Waals surface area contributed by atoms with Crippen molar-refractivity contribution in [1.29, 1.82) is 0 Å². The Morgan fingerprint density at radius 2 is 1.50 bits per heavy atom. The van der Waals surface area contributed by atoms with Gasteiger partial charge in [0.05, 0.1) is 5.56 Å². The number of hydrogen-bond acceptors (Lipinski definition) is 4. The fourth-order valence-corrected chi connectivity index (χ4v) is 3.93. The van der Waals surface area contributed by atoms with Crippen molar-refractivity contribution >= 4 is 11.6 Å². The third-order valence-corrected chi connectivity index (χ3v) is 5.59. The third kappa shape index (κ3) is 3.69. The molecule has 0 unspecified atom stereocenters. The Labute approximate surface area is 175 Å². The summed E-state index contributed by atoms with van der Waals surface area (Å²) in [5, 5.41) is 8.55. The van der Waals surface area contributed by atoms with Crippen LogP contribution >= 0.6 is 0 Å². The average Bonchev–Trinajstić information content (AvgIpc) is 3.24. The minimum absolute atomic E-state index is 0.0592. The third-order valence-electron chi connectivity index (χ3n) is 5.59. The second-order valence-corrected chi connectivity index (χ2v) is 7.59. The van der Waals surface area contributed by atoms with E-state index in [0.29, 0.717) is 5.56 Å². The first kappa shape index (κ1) is 18.5. The number of pyridine rings is 1. The van der Waals surface area contributed by atoms with Crippen LogP contribution in [0.1, 0.15) is 15.9 Å². The van der Waals surface area contributed by atoms with Gasteiger partial charge in [-0.3, -0.25) is 14.1 Å². The molecule has 150 valence electrons. The van der Waals surface area contributed by atoms with Crippen molar-refractivity contribution in [2.75, 3.05) is 26.2 Å². The van der Waals surface area contributed by atoms with Gasteiger partial charge in [-0.25, -0.2) is 0 Å². The summed E-state index contributed by atoms with van der Waals surface area (Å²) in [4.78, 5) is 17.5. The summed E-state index contributed by atoms with van der Waals surface area (Å²) < 4.78 is 1.90. The number of carbonyl (C=O) groups excluding carboxylic acids is 1. The lowest BCUT2D eigenvalue weighted by Crippen LogP contribution is -2.48. The highest BCUT2D eigenvalue weighted by molar-refractivity contribution is 5.94. The summed E-state index contributed by atoms with van der Waals surface area (Å²) in [5.41, 5.74) is 3.68. The van der Waals surface area contributed by atoms with Gasteiger partial charge in [-0.15, -0.1) is 10.2 Å². The maximum Gasteiger partial charge on any atom is 0.255 e. The molecule has 2 aromatic carbocycles. The number of piperazine rings is 1. The van der Waals surface area contributed by atoms with Crippen molar-refractivity contribution in [3.8, 4) is 11.4 Å². The lowest BCUT2D eigenvalue weighted by atomic mass is 10.1. The van der Waals surface area contributed by atoms with Crippen LogP contribution in [-0.4, -0.2) is 56.5 Å². The quantitative estimate of drug-likeness (QED) is 0.530. The molecule has 6 heteroatoms. The van der Waals surface area contributed by atoms with Crippen LogP contribution in [0.3, 0.4) is 0 Å². The molecule has 5 rings (SSSR count). The number of rotatable bonds is 4. The van der Waals surface area contributed by atoms with Gasteiger partial charge in [-0.2, -0.15) is 0 Å². The lowest BCUT2D eigenvalue weighted by molar-refractivity contribution is 0.0628. The molecule has 1 saturated heterocycles. The van der Waals surface area contributed by atoms with Crippen molar-refractivity contribution in [3.05, 3.63) is 90.1 Å². The van der Waals surface area contributed by atoms with E-state index in [0.717, 1.165) is 49.8 Å². The molecule has 0 N–H and O–H groups in total. The summed E-state index contributed by atoms with van der Waals surface area (Å²) >= 11 is 0. The number of nitrogens with zero attached hydrogens (tertiary/aromatic N) is 5. The first-order valence-electron chi connectivity index (χ1n) is 10.2. The van der Waals surface area contributed by atoms with Gasteiger partial charge in [0.15, 0.2) is 11.5 Å². The highest BCUT2D eigenvalue weighted by Gasteiger charge is 2.23. The molecule has 3 heterocycles. The molecule has 1 aliphatic rings. The van der Waals surface area contributed by atoms with Gasteiger partial charge in [-0.1, -0.05) is 60.7 Å². The maximum atomic E-state index is 13.1. The molecule has 0 radical (unpaired) electrons. The number of hydrogen-bond donors (Lipinski definition) is 0. The van der Waals surface area contributed by atoms with Gasteiger partial charge in [0.2, 0.25) is 0 Å². The molecule has 0 aliphatic carbocycles. The Morgan fingerprint density at radius 3 is 2.23 bits per heavy atom. The Morgan fingerprint density at radius 1 is 0.800 bits per heavy atom. The van der Waals surface area contributed by atoms with Crippen LogP contribution in [0.15, 0.2) is 79.0 Å². The lowest BCUT2D eigenvalue weighted by Gasteiger charge is -2.34. The molecule has 1 fully saturated rings. The number of benzene rings is 2. The number of amides is 1. The summed E-state index contributed by atoms with van der Waals surface area (Å²) in [6.45, 7) is 4.15. The van der Waals surface area contributed by atoms with E-state index in [2.05, 4.69) is 39.4 Å². The highest BCUT2D eigenvalue weighted by Crippen LogP contribution is 2.19. The topological polar surface area (TPSA) is 53.7 Å². The predicted octanol–water partition coefficient (Wildman–Crippen LogP) is 3.35. The Hall–Kier alpha value is -3.51. The van der Waals surface area contributed by atoms with Crippen molar-refractivity contribution in [3.63, 3.8) is 0 Å². The second-order valence-electron chi connectivity index (χ2n) is 7.59. The fraction of sp³-hybridized carbons (Fsp3) is 0.208. The molecule has 30 heavy (non-hydrogen) atoms. The van der Waals surface area contributed by atoms with Crippen molar-refractivity contribution in [1.82, 2.24) is 24.4 Å². The molecule has 0 spiro atoms. The summed E-state index contributed by atoms with van der Waals surface area (Å²) in [6, 6.07) is 24.1. The van der Waals surface area contributed by atoms with E-state index in [4.69, 9.17) is 0 Å². The number of aromatic nitrogens is 3. The zero-order valence-corrected chi connectivity index (χ0v) is 16.7. The van der Waals surface area contributed by atoms with Gasteiger partial charge in [-0.05, 0) is 17.7 Å². The smallest absolute Gasteiger partial charge is 0.255 e. The SMILES string of the molecule is O=C(c1ccc2nnc(-c3ccccc3)n2c1)N1CCN(Cc2ccccc2)CC1. The highest BCUT2D eigenvalue weighted by atomic mass is 16.2. The number of carbonyl (C=O) groups is 1. The van der Waals surface area contributed by atoms with Crippen LogP contribution in [0.4, 0.5) is 0 Å². The zero-order valence-electron chi connectivity index (χ0n) is 16.7. The van der Waals surface area contributed by atoms with Crippen LogP contribution < -0.4 is 0 Å². The molecule has 6 nitrogen and oxygen atoms in total. The summed E-state index contributed by atoms with van der Waals surface area (Å²) in [7, 11) is 0. The molecule has 1 amide bonds. The van der Waals surface area contributed by atoms with E-state index in [1.165, 1.54) is 5.56 Å². The van der Waals surface area contributed by atoms with Gasteiger partial charge >= 0.3 is 0 Å². The molecule has 0 bridgehead atoms. The molecule has 4 aromatic rings. The van der Waals surface area contributed by atoms with Crippen LogP contribution in [0.2, 0.25) is 0 Å². The van der Waals surface area contributed by atoms with Crippen molar-refractivity contribution in [2.24, 2.45) is 0 Å². The molecule has 0 saturated carbocycles. The zero-order chi connectivity index (χ0) is 20.3. The summed E-state index contributed by atoms with van der Waals surface area (Å²) in [5.74, 6) is 0.803. The van der Waals surface area contributed by atoms with E-state index >= 15 is 0 Å². The van der Waals surface area contributed by atoms with Crippen molar-refractivity contribution in [2.45, 2.75) is 6.54 Å². The minimum Gasteiger partial charge on any atom is -0.336 e. The first-order chi connectivity index (χ1) is 14.8. The van der Waals surface area contributed by atoms with Crippen LogP contribution in [0.25, 0.3) is 17.0 Å². The molecule has 2 aromatic heterocycles. The predicted molar refractivity (Wildman–Crippen MR) is 116 cm³/mol. The van der Waals surface area contributed by atoms with Crippen LogP contribution in [0.5, 0.6) is 0 Å². The largest absolute Gasteiger partial charge is 0.336 e. The Kier molecular flexibility index (Phi) is 4.99. The van der Waals surface area contributed by atoms with Gasteiger partial charge in [0.1, 0.15) is 0 Å². The molecule has 1 aliphatic heterocycles. The second kappa shape index (κ2) is 8.08. The van der Waals surface area contributed by atoms with E-state index < -0.39 is 0 Å². The Bertz CT molecular complexity index is 1150. The van der Waals surface area contributed by atoms with Gasteiger partial charge in [0, 0.05) is 44.5 Å². The van der Waals surface area contributed by atoms with Crippen LogP contribution in [0, 0.1) is 0 Å². The average molecular weight is 397 g/mol. The minimum atomic E-state index is 0.0592. The van der Waals surface area contributed by atoms with E-state index in [1.807, 2.05) is 64.0 Å². The summed E-state index contributed by atoms with van der Waals surface area (Å²) in [6.07, 6.45) is 1.86. The van der Waals surface area contributed by atoms with Crippen molar-refractivity contribution < 1.29 is 4.79 Å². The Balaban J connectivity index is 1.31. The molecular weight excluding hydrogens is 374 g/mol.